The van der Waals surface area contributed by atoms with Crippen molar-refractivity contribution in [1.29, 1.82) is 0 Å². The number of amides is 1. The van der Waals surface area contributed by atoms with Gasteiger partial charge in [-0.3, -0.25) is 4.79 Å². The van der Waals surface area contributed by atoms with Crippen LogP contribution >= 0.6 is 27.7 Å². The molecule has 1 aliphatic carbocycles. The van der Waals surface area contributed by atoms with E-state index in [1.165, 1.54) is 0 Å². The number of carbonyl (C=O) groups is 1. The Morgan fingerprint density at radius 1 is 1.74 bits per heavy atom. The Balaban J connectivity index is 1.92. The van der Waals surface area contributed by atoms with Gasteiger partial charge in [0.15, 0.2) is 0 Å². The van der Waals surface area contributed by atoms with E-state index in [2.05, 4.69) is 28.2 Å². The third-order valence-electron chi connectivity index (χ3n) is 3.57. The summed E-state index contributed by atoms with van der Waals surface area (Å²) in [7, 11) is 1.83. The van der Waals surface area contributed by atoms with E-state index in [-0.39, 0.29) is 11.2 Å². The molecule has 1 aliphatic rings. The van der Waals surface area contributed by atoms with Crippen molar-refractivity contribution in [2.24, 2.45) is 7.05 Å². The summed E-state index contributed by atoms with van der Waals surface area (Å²) in [5.74, 6) is 0.847. The monoisotopic (exact) mass is 346 g/mol. The molecule has 6 heteroatoms. The van der Waals surface area contributed by atoms with Crippen LogP contribution in [0.3, 0.4) is 0 Å². The molecule has 0 radical (unpaired) electrons. The molecule has 1 aromatic heterocycles. The number of carbonyl (C=O) groups excluding carboxylic acids is 1. The number of hydrogen-bond donors (Lipinski definition) is 2. The molecule has 1 saturated carbocycles. The van der Waals surface area contributed by atoms with Gasteiger partial charge in [0.05, 0.1) is 5.60 Å². The van der Waals surface area contributed by atoms with Crippen molar-refractivity contribution >= 4 is 33.6 Å². The number of halogens is 1. The largest absolute Gasteiger partial charge is 0.387 e. The fourth-order valence-electron chi connectivity index (χ4n) is 2.31. The van der Waals surface area contributed by atoms with E-state index in [0.29, 0.717) is 12.2 Å². The molecule has 1 heterocycles. The fourth-order valence-corrected chi connectivity index (χ4v) is 4.03. The van der Waals surface area contributed by atoms with E-state index in [9.17, 15) is 9.90 Å². The molecule has 2 atom stereocenters. The second kappa shape index (κ2) is 5.89. The molecule has 0 saturated heterocycles. The topological polar surface area (TPSA) is 54.3 Å². The van der Waals surface area contributed by atoms with Gasteiger partial charge in [0.1, 0.15) is 5.69 Å². The molecule has 2 N–H and O–H groups in total. The maximum absolute atomic E-state index is 12.1. The Morgan fingerprint density at radius 2 is 2.47 bits per heavy atom. The summed E-state index contributed by atoms with van der Waals surface area (Å²) in [4.78, 5) is 12.1. The summed E-state index contributed by atoms with van der Waals surface area (Å²) >= 11 is 5.11. The Labute approximate surface area is 126 Å². The summed E-state index contributed by atoms with van der Waals surface area (Å²) < 4.78 is 2.64. The van der Waals surface area contributed by atoms with Gasteiger partial charge in [-0.25, -0.2) is 0 Å². The van der Waals surface area contributed by atoms with Crippen LogP contribution in [-0.2, 0) is 7.05 Å². The lowest BCUT2D eigenvalue weighted by atomic mass is 9.79. The van der Waals surface area contributed by atoms with Gasteiger partial charge in [-0.05, 0) is 40.6 Å². The fraction of sp³-hybridized carbons (Fsp3) is 0.615. The lowest BCUT2D eigenvalue weighted by Crippen LogP contribution is -2.57. The van der Waals surface area contributed by atoms with Crippen molar-refractivity contribution in [1.82, 2.24) is 9.88 Å². The minimum absolute atomic E-state index is 0.145. The van der Waals surface area contributed by atoms with Crippen LogP contribution < -0.4 is 5.32 Å². The molecule has 1 aromatic rings. The van der Waals surface area contributed by atoms with E-state index in [1.54, 1.807) is 22.4 Å². The number of aliphatic hydroxyl groups is 1. The maximum atomic E-state index is 12.1. The zero-order chi connectivity index (χ0) is 14.0. The summed E-state index contributed by atoms with van der Waals surface area (Å²) in [6, 6.07) is 1.78. The van der Waals surface area contributed by atoms with Crippen LogP contribution in [0.1, 0.15) is 30.3 Å². The first kappa shape index (κ1) is 14.9. The SMILES string of the molecule is CCSC1CCC1(O)CNC(=O)c1cc(Br)cn1C. The molecule has 0 aromatic carbocycles. The lowest BCUT2D eigenvalue weighted by molar-refractivity contribution is -0.0222. The van der Waals surface area contributed by atoms with Crippen molar-refractivity contribution in [2.45, 2.75) is 30.6 Å². The number of aryl methyl sites for hydroxylation is 1. The Hall–Kier alpha value is -0.460. The van der Waals surface area contributed by atoms with E-state index >= 15 is 0 Å². The quantitative estimate of drug-likeness (QED) is 0.858. The van der Waals surface area contributed by atoms with Crippen molar-refractivity contribution in [2.75, 3.05) is 12.3 Å². The van der Waals surface area contributed by atoms with Crippen LogP contribution in [0.5, 0.6) is 0 Å². The maximum Gasteiger partial charge on any atom is 0.268 e. The number of rotatable bonds is 5. The van der Waals surface area contributed by atoms with Gasteiger partial charge < -0.3 is 15.0 Å². The standard InChI is InChI=1S/C13H19BrN2O2S/c1-3-19-11-4-5-13(11,18)8-15-12(17)10-6-9(14)7-16(10)2/h6-7,11,18H,3-5,8H2,1-2H3,(H,15,17). The highest BCUT2D eigenvalue weighted by Crippen LogP contribution is 2.40. The molecule has 0 bridgehead atoms. The van der Waals surface area contributed by atoms with Gasteiger partial charge in [-0.2, -0.15) is 11.8 Å². The summed E-state index contributed by atoms with van der Waals surface area (Å²) in [5, 5.41) is 13.5. The zero-order valence-corrected chi connectivity index (χ0v) is 13.6. The van der Waals surface area contributed by atoms with Gasteiger partial charge >= 0.3 is 0 Å². The number of nitrogens with one attached hydrogen (secondary N) is 1. The number of nitrogens with zero attached hydrogens (tertiary/aromatic N) is 1. The molecule has 4 nitrogen and oxygen atoms in total. The van der Waals surface area contributed by atoms with Crippen LogP contribution in [0.2, 0.25) is 0 Å². The normalized spacial score (nSPS) is 26.0. The van der Waals surface area contributed by atoms with Gasteiger partial charge in [-0.1, -0.05) is 6.92 Å². The molecular formula is C13H19BrN2O2S. The highest BCUT2D eigenvalue weighted by molar-refractivity contribution is 9.10. The van der Waals surface area contributed by atoms with E-state index in [0.717, 1.165) is 23.1 Å². The summed E-state index contributed by atoms with van der Waals surface area (Å²) in [6.45, 7) is 2.41. The first-order valence-electron chi connectivity index (χ1n) is 6.40. The number of aromatic nitrogens is 1. The van der Waals surface area contributed by atoms with Gasteiger partial charge in [0.25, 0.3) is 5.91 Å². The predicted molar refractivity (Wildman–Crippen MR) is 81.6 cm³/mol. The van der Waals surface area contributed by atoms with Crippen LogP contribution in [0.4, 0.5) is 0 Å². The smallest absolute Gasteiger partial charge is 0.268 e. The second-order valence-corrected chi connectivity index (χ2v) is 7.32. The Bertz CT molecular complexity index is 477. The van der Waals surface area contributed by atoms with Gasteiger partial charge in [-0.15, -0.1) is 0 Å². The third-order valence-corrected chi connectivity index (χ3v) is 5.41. The highest BCUT2D eigenvalue weighted by atomic mass is 79.9. The molecule has 2 unspecified atom stereocenters. The number of hydrogen-bond acceptors (Lipinski definition) is 3. The molecule has 1 amide bonds. The molecule has 1 fully saturated rings. The lowest BCUT2D eigenvalue weighted by Gasteiger charge is -2.45. The van der Waals surface area contributed by atoms with E-state index in [4.69, 9.17) is 0 Å². The van der Waals surface area contributed by atoms with Crippen molar-refractivity contribution in [3.05, 3.63) is 22.4 Å². The Kier molecular flexibility index (Phi) is 4.63. The molecule has 2 rings (SSSR count). The third kappa shape index (κ3) is 3.17. The first-order valence-corrected chi connectivity index (χ1v) is 8.24. The average molecular weight is 347 g/mol. The molecular weight excluding hydrogens is 328 g/mol. The average Bonchev–Trinajstić information content (AvgIpc) is 2.70. The highest BCUT2D eigenvalue weighted by Gasteiger charge is 2.45. The van der Waals surface area contributed by atoms with E-state index < -0.39 is 5.60 Å². The second-order valence-electron chi connectivity index (χ2n) is 4.92. The molecule has 0 spiro atoms. The van der Waals surface area contributed by atoms with Gasteiger partial charge in [0.2, 0.25) is 0 Å². The van der Waals surface area contributed by atoms with Gasteiger partial charge in [0, 0.05) is 29.5 Å². The van der Waals surface area contributed by atoms with Crippen LogP contribution in [0.15, 0.2) is 16.7 Å². The van der Waals surface area contributed by atoms with E-state index in [1.807, 2.05) is 13.2 Å². The zero-order valence-electron chi connectivity index (χ0n) is 11.1. The van der Waals surface area contributed by atoms with Crippen LogP contribution in [0, 0.1) is 0 Å². The van der Waals surface area contributed by atoms with Crippen LogP contribution in [-0.4, -0.2) is 38.7 Å². The first-order chi connectivity index (χ1) is 8.96. The number of thioether (sulfide) groups is 1. The summed E-state index contributed by atoms with van der Waals surface area (Å²) in [5.41, 5.74) is -0.145. The molecule has 0 aliphatic heterocycles. The van der Waals surface area contributed by atoms with Crippen molar-refractivity contribution in [3.8, 4) is 0 Å². The Morgan fingerprint density at radius 3 is 2.95 bits per heavy atom. The minimum atomic E-state index is -0.737. The predicted octanol–water partition coefficient (Wildman–Crippen LogP) is 2.16. The summed E-state index contributed by atoms with van der Waals surface area (Å²) in [6.07, 6.45) is 3.63. The molecule has 19 heavy (non-hydrogen) atoms. The van der Waals surface area contributed by atoms with Crippen LogP contribution in [0.25, 0.3) is 0 Å². The van der Waals surface area contributed by atoms with Crippen molar-refractivity contribution < 1.29 is 9.90 Å². The van der Waals surface area contributed by atoms with Crippen molar-refractivity contribution in [3.63, 3.8) is 0 Å². The minimum Gasteiger partial charge on any atom is -0.387 e. The molecule has 106 valence electrons.